The van der Waals surface area contributed by atoms with Crippen molar-refractivity contribution < 1.29 is 9.53 Å². The zero-order valence-electron chi connectivity index (χ0n) is 20.1. The molecule has 0 radical (unpaired) electrons. The molecule has 0 N–H and O–H groups in total. The summed E-state index contributed by atoms with van der Waals surface area (Å²) in [5, 5.41) is 0. The molecule has 0 spiro atoms. The van der Waals surface area contributed by atoms with Crippen LogP contribution in [0.4, 0.5) is 0 Å². The van der Waals surface area contributed by atoms with Gasteiger partial charge in [0.15, 0.2) is 0 Å². The van der Waals surface area contributed by atoms with Crippen LogP contribution in [0.3, 0.4) is 0 Å². The van der Waals surface area contributed by atoms with Gasteiger partial charge in [0, 0.05) is 6.42 Å². The van der Waals surface area contributed by atoms with Crippen LogP contribution in [0, 0.1) is 0 Å². The van der Waals surface area contributed by atoms with Crippen LogP contribution in [0.15, 0.2) is 58.2 Å². The fraction of sp³-hybridized carbons (Fsp3) is 0.593. The summed E-state index contributed by atoms with van der Waals surface area (Å²) in [6.07, 6.45) is 18.8. The molecule has 164 valence electrons. The van der Waals surface area contributed by atoms with E-state index in [-0.39, 0.29) is 5.97 Å². The van der Waals surface area contributed by atoms with Crippen molar-refractivity contribution in [1.82, 2.24) is 0 Å². The topological polar surface area (TPSA) is 26.3 Å². The predicted octanol–water partition coefficient (Wildman–Crippen LogP) is 8.42. The summed E-state index contributed by atoms with van der Waals surface area (Å²) in [5.41, 5.74) is 6.82. The third-order valence-corrected chi connectivity index (χ3v) is 4.73. The van der Waals surface area contributed by atoms with Gasteiger partial charge in [0.2, 0.25) is 0 Å². The highest BCUT2D eigenvalue weighted by Gasteiger charge is 2.01. The molecule has 2 heteroatoms. The molecule has 0 aromatic heterocycles. The number of carbonyl (C=O) groups excluding carboxylic acids is 1. The Balaban J connectivity index is 3.99. The fourth-order valence-corrected chi connectivity index (χ4v) is 2.81. The molecule has 0 fully saturated rings. The smallest absolute Gasteiger partial charge is 0.306 e. The number of esters is 1. The lowest BCUT2D eigenvalue weighted by Gasteiger charge is -2.04. The van der Waals surface area contributed by atoms with Crippen LogP contribution in [-0.4, -0.2) is 12.6 Å². The molecule has 0 aliphatic rings. The van der Waals surface area contributed by atoms with Crippen LogP contribution in [0.5, 0.6) is 0 Å². The second-order valence-electron chi connectivity index (χ2n) is 8.55. The van der Waals surface area contributed by atoms with Crippen LogP contribution in [0.1, 0.15) is 99.8 Å². The van der Waals surface area contributed by atoms with E-state index < -0.39 is 0 Å². The molecule has 0 aromatic carbocycles. The lowest BCUT2D eigenvalue weighted by Crippen LogP contribution is -2.04. The average molecular weight is 401 g/mol. The van der Waals surface area contributed by atoms with Gasteiger partial charge in [-0.25, -0.2) is 0 Å². The summed E-state index contributed by atoms with van der Waals surface area (Å²) < 4.78 is 5.31. The lowest BCUT2D eigenvalue weighted by atomic mass is 10.1. The Morgan fingerprint density at radius 2 is 0.931 bits per heavy atom. The maximum absolute atomic E-state index is 11.9. The van der Waals surface area contributed by atoms with Gasteiger partial charge in [-0.05, 0) is 99.5 Å². The minimum absolute atomic E-state index is 0.114. The van der Waals surface area contributed by atoms with Crippen LogP contribution >= 0.6 is 0 Å². The Hall–Kier alpha value is -1.83. The Morgan fingerprint density at radius 1 is 0.552 bits per heavy atom. The van der Waals surface area contributed by atoms with E-state index in [1.165, 1.54) is 27.9 Å². The highest BCUT2D eigenvalue weighted by atomic mass is 16.5. The number of allylic oxidation sites excluding steroid dienone is 9. The van der Waals surface area contributed by atoms with Gasteiger partial charge in [0.1, 0.15) is 6.61 Å². The predicted molar refractivity (Wildman–Crippen MR) is 128 cm³/mol. The molecule has 0 unspecified atom stereocenters. The quantitative estimate of drug-likeness (QED) is 0.216. The number of ether oxygens (including phenoxy) is 1. The van der Waals surface area contributed by atoms with Gasteiger partial charge in [-0.3, -0.25) is 4.79 Å². The van der Waals surface area contributed by atoms with E-state index in [0.717, 1.165) is 44.9 Å². The number of hydrogen-bond donors (Lipinski definition) is 0. The standard InChI is InChI=1S/C27H44O2/c1-22(2)12-8-14-24(5)16-10-17-25(6)18-11-19-27(28)29-21-20-26(7)15-9-13-23(3)4/h12-13,16,18,20H,8-11,14-15,17,19,21H2,1-7H3/b24-16-,25-18+,26-20-. The zero-order chi connectivity index (χ0) is 22.1. The van der Waals surface area contributed by atoms with Crippen molar-refractivity contribution in [2.45, 2.75) is 99.8 Å². The summed E-state index contributed by atoms with van der Waals surface area (Å²) >= 11 is 0. The van der Waals surface area contributed by atoms with E-state index in [0.29, 0.717) is 13.0 Å². The maximum atomic E-state index is 11.9. The summed E-state index contributed by atoms with van der Waals surface area (Å²) in [4.78, 5) is 11.9. The third kappa shape index (κ3) is 19.3. The minimum Gasteiger partial charge on any atom is -0.461 e. The molecule has 0 bridgehead atoms. The van der Waals surface area contributed by atoms with E-state index >= 15 is 0 Å². The lowest BCUT2D eigenvalue weighted by molar-refractivity contribution is -0.142. The fourth-order valence-electron chi connectivity index (χ4n) is 2.81. The van der Waals surface area contributed by atoms with Gasteiger partial charge in [0.05, 0.1) is 0 Å². The van der Waals surface area contributed by atoms with Crippen molar-refractivity contribution in [3.8, 4) is 0 Å². The zero-order valence-corrected chi connectivity index (χ0v) is 20.1. The maximum Gasteiger partial charge on any atom is 0.306 e. The molecule has 0 aliphatic carbocycles. The van der Waals surface area contributed by atoms with Crippen molar-refractivity contribution in [3.05, 3.63) is 58.2 Å². The Labute approximate surface area is 180 Å². The second-order valence-corrected chi connectivity index (χ2v) is 8.55. The molecular weight excluding hydrogens is 356 g/mol. The Kier molecular flexibility index (Phi) is 16.0. The van der Waals surface area contributed by atoms with Gasteiger partial charge in [-0.1, -0.05) is 52.2 Å². The molecule has 29 heavy (non-hydrogen) atoms. The van der Waals surface area contributed by atoms with Gasteiger partial charge >= 0.3 is 5.97 Å². The Morgan fingerprint density at radius 3 is 1.38 bits per heavy atom. The summed E-state index contributed by atoms with van der Waals surface area (Å²) in [6.45, 7) is 15.4. The average Bonchev–Trinajstić information content (AvgIpc) is 2.61. The highest BCUT2D eigenvalue weighted by molar-refractivity contribution is 5.69. The Bertz CT molecular complexity index is 619. The number of hydrogen-bond acceptors (Lipinski definition) is 2. The molecule has 0 heterocycles. The van der Waals surface area contributed by atoms with Gasteiger partial charge in [-0.2, -0.15) is 0 Å². The molecular formula is C27H44O2. The third-order valence-electron chi connectivity index (χ3n) is 4.73. The highest BCUT2D eigenvalue weighted by Crippen LogP contribution is 2.12. The summed E-state index contributed by atoms with van der Waals surface area (Å²) in [7, 11) is 0. The molecule has 0 aromatic rings. The molecule has 0 atom stereocenters. The van der Waals surface area contributed by atoms with Crippen LogP contribution in [0.2, 0.25) is 0 Å². The number of rotatable bonds is 14. The monoisotopic (exact) mass is 400 g/mol. The van der Waals surface area contributed by atoms with Crippen molar-refractivity contribution in [2.24, 2.45) is 0 Å². The van der Waals surface area contributed by atoms with E-state index in [1.54, 1.807) is 0 Å². The summed E-state index contributed by atoms with van der Waals surface area (Å²) in [6, 6.07) is 0. The van der Waals surface area contributed by atoms with E-state index in [4.69, 9.17) is 4.74 Å². The van der Waals surface area contributed by atoms with Crippen molar-refractivity contribution in [2.75, 3.05) is 6.61 Å². The first kappa shape index (κ1) is 27.2. The first-order valence-corrected chi connectivity index (χ1v) is 11.1. The SMILES string of the molecule is CC(C)=CCC/C(C)=C\CC/C(C)=C/CCC(=O)OC/C=C(/C)CCC=C(C)C. The molecule has 0 saturated heterocycles. The molecule has 0 rings (SSSR count). The van der Waals surface area contributed by atoms with E-state index in [9.17, 15) is 4.79 Å². The molecule has 0 amide bonds. The van der Waals surface area contributed by atoms with Crippen LogP contribution < -0.4 is 0 Å². The molecule has 2 nitrogen and oxygen atoms in total. The first-order valence-electron chi connectivity index (χ1n) is 11.1. The minimum atomic E-state index is -0.114. The normalized spacial score (nSPS) is 12.6. The summed E-state index contributed by atoms with van der Waals surface area (Å²) in [5.74, 6) is -0.114. The molecule has 0 saturated carbocycles. The second kappa shape index (κ2) is 17.1. The largest absolute Gasteiger partial charge is 0.461 e. The van der Waals surface area contributed by atoms with E-state index in [2.05, 4.69) is 72.8 Å². The van der Waals surface area contributed by atoms with Crippen molar-refractivity contribution in [3.63, 3.8) is 0 Å². The molecule has 0 aliphatic heterocycles. The van der Waals surface area contributed by atoms with E-state index in [1.807, 2.05) is 6.08 Å². The van der Waals surface area contributed by atoms with Crippen molar-refractivity contribution in [1.29, 1.82) is 0 Å². The van der Waals surface area contributed by atoms with Crippen LogP contribution in [-0.2, 0) is 9.53 Å². The van der Waals surface area contributed by atoms with Gasteiger partial charge in [-0.15, -0.1) is 0 Å². The van der Waals surface area contributed by atoms with Gasteiger partial charge in [0.25, 0.3) is 0 Å². The first-order chi connectivity index (χ1) is 13.7. The van der Waals surface area contributed by atoms with Gasteiger partial charge < -0.3 is 4.74 Å². The van der Waals surface area contributed by atoms with Crippen molar-refractivity contribution >= 4 is 5.97 Å². The van der Waals surface area contributed by atoms with Crippen LogP contribution in [0.25, 0.3) is 0 Å². The number of carbonyl (C=O) groups is 1.